The van der Waals surface area contributed by atoms with E-state index in [4.69, 9.17) is 5.26 Å². The molecular weight excluding hydrogens is 162 g/mol. The highest BCUT2D eigenvalue weighted by Crippen LogP contribution is 2.16. The summed E-state index contributed by atoms with van der Waals surface area (Å²) < 4.78 is 0. The van der Waals surface area contributed by atoms with Gasteiger partial charge in [-0.3, -0.25) is 9.80 Å². The second-order valence-corrected chi connectivity index (χ2v) is 4.10. The maximum absolute atomic E-state index is 8.57. The van der Waals surface area contributed by atoms with Gasteiger partial charge in [-0.25, -0.2) is 0 Å². The molecule has 1 rings (SSSR count). The van der Waals surface area contributed by atoms with Crippen molar-refractivity contribution in [1.29, 1.82) is 5.26 Å². The normalized spacial score (nSPS) is 24.2. The molecular formula is C10H19N3. The van der Waals surface area contributed by atoms with E-state index >= 15 is 0 Å². The van der Waals surface area contributed by atoms with Crippen LogP contribution in [0.25, 0.3) is 0 Å². The minimum absolute atomic E-state index is 0.552. The Morgan fingerprint density at radius 2 is 2.31 bits per heavy atom. The Kier molecular flexibility index (Phi) is 3.71. The molecule has 0 N–H and O–H groups in total. The average Bonchev–Trinajstić information content (AvgIpc) is 2.52. The molecule has 3 heteroatoms. The van der Waals surface area contributed by atoms with Gasteiger partial charge in [-0.15, -0.1) is 0 Å². The van der Waals surface area contributed by atoms with Crippen molar-refractivity contribution in [2.75, 3.05) is 26.7 Å². The molecule has 1 atom stereocenters. The smallest absolute Gasteiger partial charge is 0.0866 e. The fourth-order valence-electron chi connectivity index (χ4n) is 1.84. The molecule has 0 aromatic carbocycles. The monoisotopic (exact) mass is 181 g/mol. The molecule has 0 aliphatic carbocycles. The van der Waals surface area contributed by atoms with Crippen molar-refractivity contribution in [2.45, 2.75) is 32.4 Å². The minimum Gasteiger partial charge on any atom is -0.299 e. The summed E-state index contributed by atoms with van der Waals surface area (Å²) in [5.74, 6) is 0. The van der Waals surface area contributed by atoms with Crippen LogP contribution in [0.5, 0.6) is 0 Å². The summed E-state index contributed by atoms with van der Waals surface area (Å²) in [7, 11) is 2.04. The molecule has 74 valence electrons. The van der Waals surface area contributed by atoms with Gasteiger partial charge in [0.05, 0.1) is 12.6 Å². The van der Waals surface area contributed by atoms with Crippen LogP contribution in [0.15, 0.2) is 0 Å². The number of nitrogens with zero attached hydrogens (tertiary/aromatic N) is 3. The van der Waals surface area contributed by atoms with Crippen LogP contribution in [-0.2, 0) is 0 Å². The minimum atomic E-state index is 0.552. The van der Waals surface area contributed by atoms with Crippen LogP contribution >= 0.6 is 0 Å². The van der Waals surface area contributed by atoms with Crippen LogP contribution in [0.3, 0.4) is 0 Å². The first-order valence-electron chi connectivity index (χ1n) is 4.96. The van der Waals surface area contributed by atoms with E-state index in [0.29, 0.717) is 18.6 Å². The zero-order valence-electron chi connectivity index (χ0n) is 8.82. The topological polar surface area (TPSA) is 30.3 Å². The van der Waals surface area contributed by atoms with Crippen molar-refractivity contribution in [2.24, 2.45) is 0 Å². The van der Waals surface area contributed by atoms with Crippen LogP contribution in [0.1, 0.15) is 20.3 Å². The number of nitriles is 1. The quantitative estimate of drug-likeness (QED) is 0.607. The third kappa shape index (κ3) is 2.68. The molecule has 0 saturated carbocycles. The number of hydrogen-bond donors (Lipinski definition) is 0. The Morgan fingerprint density at radius 3 is 2.77 bits per heavy atom. The number of rotatable bonds is 3. The molecule has 1 aliphatic heterocycles. The molecule has 1 heterocycles. The molecule has 0 bridgehead atoms. The van der Waals surface area contributed by atoms with Crippen molar-refractivity contribution in [3.8, 4) is 6.07 Å². The van der Waals surface area contributed by atoms with E-state index in [1.165, 1.54) is 13.0 Å². The summed E-state index contributed by atoms with van der Waals surface area (Å²) in [5.41, 5.74) is 0. The highest BCUT2D eigenvalue weighted by molar-refractivity contribution is 4.87. The summed E-state index contributed by atoms with van der Waals surface area (Å²) in [5, 5.41) is 8.57. The lowest BCUT2D eigenvalue weighted by Gasteiger charge is -2.23. The highest BCUT2D eigenvalue weighted by atomic mass is 15.2. The molecule has 1 fully saturated rings. The van der Waals surface area contributed by atoms with Gasteiger partial charge in [-0.1, -0.05) is 0 Å². The van der Waals surface area contributed by atoms with Gasteiger partial charge in [0, 0.05) is 25.2 Å². The number of likely N-dealkylation sites (tertiary alicyclic amines) is 1. The first-order chi connectivity index (χ1) is 6.15. The van der Waals surface area contributed by atoms with E-state index < -0.39 is 0 Å². The Balaban J connectivity index is 2.37. The summed E-state index contributed by atoms with van der Waals surface area (Å²) in [4.78, 5) is 4.63. The fourth-order valence-corrected chi connectivity index (χ4v) is 1.84. The third-order valence-electron chi connectivity index (χ3n) is 2.87. The Labute approximate surface area is 80.9 Å². The Bertz CT molecular complexity index is 195. The molecule has 3 nitrogen and oxygen atoms in total. The summed E-state index contributed by atoms with van der Waals surface area (Å²) in [6.07, 6.45) is 1.20. The molecule has 0 amide bonds. The van der Waals surface area contributed by atoms with Crippen molar-refractivity contribution < 1.29 is 0 Å². The molecule has 0 spiro atoms. The fraction of sp³-hybridized carbons (Fsp3) is 0.900. The lowest BCUT2D eigenvalue weighted by atomic mass is 10.2. The molecule has 1 unspecified atom stereocenters. The summed E-state index contributed by atoms with van der Waals surface area (Å²) >= 11 is 0. The van der Waals surface area contributed by atoms with Gasteiger partial charge in [0.2, 0.25) is 0 Å². The van der Waals surface area contributed by atoms with Crippen LogP contribution in [0.4, 0.5) is 0 Å². The zero-order chi connectivity index (χ0) is 9.84. The van der Waals surface area contributed by atoms with Crippen LogP contribution in [0, 0.1) is 11.3 Å². The molecule has 1 aliphatic rings. The van der Waals surface area contributed by atoms with E-state index in [-0.39, 0.29) is 0 Å². The van der Waals surface area contributed by atoms with Gasteiger partial charge in [0.1, 0.15) is 0 Å². The number of hydrogen-bond acceptors (Lipinski definition) is 3. The SMILES string of the molecule is CC(C)N1CCC(N(C)CC#N)C1. The summed E-state index contributed by atoms with van der Waals surface area (Å²) in [6.45, 7) is 7.31. The van der Waals surface area contributed by atoms with Gasteiger partial charge in [0.15, 0.2) is 0 Å². The highest BCUT2D eigenvalue weighted by Gasteiger charge is 2.26. The van der Waals surface area contributed by atoms with Gasteiger partial charge in [-0.05, 0) is 27.3 Å². The Hall–Kier alpha value is -0.590. The van der Waals surface area contributed by atoms with Crippen molar-refractivity contribution >= 4 is 0 Å². The van der Waals surface area contributed by atoms with Gasteiger partial charge in [0.25, 0.3) is 0 Å². The molecule has 0 radical (unpaired) electrons. The second kappa shape index (κ2) is 4.59. The first kappa shape index (κ1) is 10.5. The van der Waals surface area contributed by atoms with Gasteiger partial charge in [-0.2, -0.15) is 5.26 Å². The van der Waals surface area contributed by atoms with Gasteiger partial charge >= 0.3 is 0 Å². The van der Waals surface area contributed by atoms with Crippen molar-refractivity contribution in [1.82, 2.24) is 9.80 Å². The maximum atomic E-state index is 8.57. The van der Waals surface area contributed by atoms with Crippen LogP contribution in [-0.4, -0.2) is 48.6 Å². The van der Waals surface area contributed by atoms with Crippen LogP contribution < -0.4 is 0 Å². The maximum Gasteiger partial charge on any atom is 0.0866 e. The van der Waals surface area contributed by atoms with E-state index in [1.54, 1.807) is 0 Å². The van der Waals surface area contributed by atoms with E-state index in [2.05, 4.69) is 29.7 Å². The van der Waals surface area contributed by atoms with E-state index in [1.807, 2.05) is 7.05 Å². The van der Waals surface area contributed by atoms with E-state index in [0.717, 1.165) is 6.54 Å². The van der Waals surface area contributed by atoms with Gasteiger partial charge < -0.3 is 0 Å². The second-order valence-electron chi connectivity index (χ2n) is 4.10. The zero-order valence-corrected chi connectivity index (χ0v) is 8.82. The molecule has 13 heavy (non-hydrogen) atoms. The molecule has 0 aromatic heterocycles. The standard InChI is InChI=1S/C10H19N3/c1-9(2)13-6-4-10(8-13)12(3)7-5-11/h9-10H,4,6-8H2,1-3H3. The van der Waals surface area contributed by atoms with Crippen molar-refractivity contribution in [3.63, 3.8) is 0 Å². The predicted molar refractivity (Wildman–Crippen MR) is 53.4 cm³/mol. The summed E-state index contributed by atoms with van der Waals surface area (Å²) in [6, 6.07) is 3.42. The molecule has 1 saturated heterocycles. The van der Waals surface area contributed by atoms with E-state index in [9.17, 15) is 0 Å². The Morgan fingerprint density at radius 1 is 1.62 bits per heavy atom. The third-order valence-corrected chi connectivity index (χ3v) is 2.87. The largest absolute Gasteiger partial charge is 0.299 e. The molecule has 0 aromatic rings. The first-order valence-corrected chi connectivity index (χ1v) is 4.96. The average molecular weight is 181 g/mol. The lowest BCUT2D eigenvalue weighted by Crippen LogP contribution is -2.36. The van der Waals surface area contributed by atoms with Crippen LogP contribution in [0.2, 0.25) is 0 Å². The van der Waals surface area contributed by atoms with Crippen molar-refractivity contribution in [3.05, 3.63) is 0 Å². The predicted octanol–water partition coefficient (Wildman–Crippen LogP) is 0.924. The number of likely N-dealkylation sites (N-methyl/N-ethyl adjacent to an activating group) is 1. The lowest BCUT2D eigenvalue weighted by molar-refractivity contribution is 0.227.